The smallest absolute Gasteiger partial charge is 0.236 e. The molecule has 2 rings (SSSR count). The number of hydrogen-bond acceptors (Lipinski definition) is 4. The van der Waals surface area contributed by atoms with Gasteiger partial charge < -0.3 is 15.4 Å². The SMILES string of the molecule is CCOCCCNC(=NC)NCCS(=O)(=O)N1CCc2ccccc21.I. The molecule has 1 aliphatic heterocycles. The third-order valence-corrected chi connectivity index (χ3v) is 5.79. The predicted molar refractivity (Wildman–Crippen MR) is 117 cm³/mol. The highest BCUT2D eigenvalue weighted by Gasteiger charge is 2.28. The molecule has 1 heterocycles. The Hall–Kier alpha value is -1.07. The van der Waals surface area contributed by atoms with Crippen molar-refractivity contribution >= 4 is 45.6 Å². The number of nitrogens with one attached hydrogen (secondary N) is 2. The molecule has 148 valence electrons. The van der Waals surface area contributed by atoms with Crippen LogP contribution in [0.4, 0.5) is 5.69 Å². The lowest BCUT2D eigenvalue weighted by molar-refractivity contribution is 0.145. The lowest BCUT2D eigenvalue weighted by atomic mass is 10.2. The van der Waals surface area contributed by atoms with Crippen LogP contribution in [0, 0.1) is 0 Å². The molecule has 1 aromatic carbocycles. The summed E-state index contributed by atoms with van der Waals surface area (Å²) in [5.74, 6) is 0.634. The van der Waals surface area contributed by atoms with Crippen LogP contribution in [-0.2, 0) is 21.2 Å². The molecule has 0 fully saturated rings. The molecule has 2 N–H and O–H groups in total. The van der Waals surface area contributed by atoms with Crippen LogP contribution < -0.4 is 14.9 Å². The monoisotopic (exact) mass is 496 g/mol. The first-order chi connectivity index (χ1) is 12.1. The molecule has 9 heteroatoms. The summed E-state index contributed by atoms with van der Waals surface area (Å²) in [6.45, 7) is 4.94. The summed E-state index contributed by atoms with van der Waals surface area (Å²) in [4.78, 5) is 4.10. The Labute approximate surface area is 173 Å². The van der Waals surface area contributed by atoms with Crippen LogP contribution >= 0.6 is 24.0 Å². The van der Waals surface area contributed by atoms with Gasteiger partial charge in [0.05, 0.1) is 11.4 Å². The second kappa shape index (κ2) is 11.6. The van der Waals surface area contributed by atoms with Crippen LogP contribution in [0.3, 0.4) is 0 Å². The Kier molecular flexibility index (Phi) is 10.3. The molecule has 0 unspecified atom stereocenters. The van der Waals surface area contributed by atoms with Crippen molar-refractivity contribution in [2.45, 2.75) is 19.8 Å². The van der Waals surface area contributed by atoms with E-state index in [0.29, 0.717) is 32.3 Å². The number of ether oxygens (including phenoxy) is 1. The van der Waals surface area contributed by atoms with Crippen LogP contribution in [0.25, 0.3) is 0 Å². The van der Waals surface area contributed by atoms with Gasteiger partial charge in [0.1, 0.15) is 0 Å². The first kappa shape index (κ1) is 23.0. The fourth-order valence-electron chi connectivity index (χ4n) is 2.75. The lowest BCUT2D eigenvalue weighted by Crippen LogP contribution is -2.42. The van der Waals surface area contributed by atoms with Gasteiger partial charge in [-0.15, -0.1) is 24.0 Å². The third-order valence-electron chi connectivity index (χ3n) is 4.02. The molecular weight excluding hydrogens is 467 g/mol. The maximum Gasteiger partial charge on any atom is 0.236 e. The highest BCUT2D eigenvalue weighted by molar-refractivity contribution is 14.0. The topological polar surface area (TPSA) is 83.0 Å². The number of nitrogens with zero attached hydrogens (tertiary/aromatic N) is 2. The van der Waals surface area contributed by atoms with Crippen molar-refractivity contribution in [3.8, 4) is 0 Å². The van der Waals surface area contributed by atoms with E-state index in [2.05, 4.69) is 15.6 Å². The van der Waals surface area contributed by atoms with Crippen molar-refractivity contribution in [2.24, 2.45) is 4.99 Å². The lowest BCUT2D eigenvalue weighted by Gasteiger charge is -2.20. The van der Waals surface area contributed by atoms with Gasteiger partial charge in [0, 0.05) is 39.9 Å². The summed E-state index contributed by atoms with van der Waals surface area (Å²) >= 11 is 0. The van der Waals surface area contributed by atoms with Crippen LogP contribution in [0.5, 0.6) is 0 Å². The van der Waals surface area contributed by atoms with E-state index in [1.807, 2.05) is 31.2 Å². The molecule has 0 aliphatic carbocycles. The molecule has 0 radical (unpaired) electrons. The number of para-hydroxylation sites is 1. The summed E-state index contributed by atoms with van der Waals surface area (Å²) in [7, 11) is -1.67. The average molecular weight is 496 g/mol. The van der Waals surface area contributed by atoms with Crippen molar-refractivity contribution in [3.63, 3.8) is 0 Å². The van der Waals surface area contributed by atoms with E-state index < -0.39 is 10.0 Å². The minimum atomic E-state index is -3.34. The van der Waals surface area contributed by atoms with E-state index in [9.17, 15) is 8.42 Å². The van der Waals surface area contributed by atoms with E-state index in [1.165, 1.54) is 4.31 Å². The van der Waals surface area contributed by atoms with Crippen LogP contribution in [-0.4, -0.2) is 60.0 Å². The molecular formula is C17H29IN4O3S. The molecule has 7 nitrogen and oxygen atoms in total. The summed E-state index contributed by atoms with van der Waals surface area (Å²) < 4.78 is 32.0. The number of guanidine groups is 1. The van der Waals surface area contributed by atoms with Gasteiger partial charge in [0.15, 0.2) is 5.96 Å². The number of aliphatic imine (C=N–C) groups is 1. The van der Waals surface area contributed by atoms with Gasteiger partial charge in [0.2, 0.25) is 10.0 Å². The second-order valence-electron chi connectivity index (χ2n) is 5.74. The highest BCUT2D eigenvalue weighted by Crippen LogP contribution is 2.29. The zero-order valence-electron chi connectivity index (χ0n) is 15.4. The van der Waals surface area contributed by atoms with Gasteiger partial charge in [-0.25, -0.2) is 8.42 Å². The minimum absolute atomic E-state index is 0. The Morgan fingerprint density at radius 1 is 1.27 bits per heavy atom. The molecule has 1 aliphatic rings. The molecule has 0 bridgehead atoms. The number of halogens is 1. The number of anilines is 1. The molecule has 0 saturated carbocycles. The first-order valence-electron chi connectivity index (χ1n) is 8.69. The Morgan fingerprint density at radius 3 is 2.73 bits per heavy atom. The zero-order chi connectivity index (χ0) is 18.1. The molecule has 0 amide bonds. The van der Waals surface area contributed by atoms with Gasteiger partial charge in [-0.05, 0) is 31.4 Å². The largest absolute Gasteiger partial charge is 0.382 e. The Balaban J connectivity index is 0.00000338. The number of rotatable bonds is 9. The van der Waals surface area contributed by atoms with Crippen molar-refractivity contribution in [1.29, 1.82) is 0 Å². The summed E-state index contributed by atoms with van der Waals surface area (Å²) in [6.07, 6.45) is 1.64. The fraction of sp³-hybridized carbons (Fsp3) is 0.588. The molecule has 0 atom stereocenters. The first-order valence-corrected chi connectivity index (χ1v) is 10.3. The molecule has 26 heavy (non-hydrogen) atoms. The van der Waals surface area contributed by atoms with E-state index in [1.54, 1.807) is 7.05 Å². The van der Waals surface area contributed by atoms with E-state index in [-0.39, 0.29) is 29.7 Å². The molecule has 0 spiro atoms. The second-order valence-corrected chi connectivity index (χ2v) is 7.76. The Bertz CT molecular complexity index is 682. The highest BCUT2D eigenvalue weighted by atomic mass is 127. The fourth-order valence-corrected chi connectivity index (χ4v) is 4.18. The van der Waals surface area contributed by atoms with Crippen molar-refractivity contribution in [3.05, 3.63) is 29.8 Å². The number of fused-ring (bicyclic) bond motifs is 1. The van der Waals surface area contributed by atoms with Crippen molar-refractivity contribution in [1.82, 2.24) is 10.6 Å². The maximum atomic E-state index is 12.6. The standard InChI is InChI=1S/C17H28N4O3S.HI/c1-3-24-13-6-10-19-17(18-2)20-11-14-25(22,23)21-12-9-15-7-4-5-8-16(15)21;/h4-5,7-8H,3,6,9-14H2,1-2H3,(H2,18,19,20);1H. The van der Waals surface area contributed by atoms with Crippen LogP contribution in [0.15, 0.2) is 29.3 Å². The van der Waals surface area contributed by atoms with Crippen LogP contribution in [0.2, 0.25) is 0 Å². The third kappa shape index (κ3) is 6.58. The number of benzene rings is 1. The minimum Gasteiger partial charge on any atom is -0.382 e. The quantitative estimate of drug-likeness (QED) is 0.235. The van der Waals surface area contributed by atoms with Gasteiger partial charge in [0.25, 0.3) is 0 Å². The molecule has 1 aromatic rings. The van der Waals surface area contributed by atoms with Crippen LogP contribution in [0.1, 0.15) is 18.9 Å². The summed E-state index contributed by atoms with van der Waals surface area (Å²) in [5.41, 5.74) is 1.90. The van der Waals surface area contributed by atoms with E-state index in [4.69, 9.17) is 4.74 Å². The van der Waals surface area contributed by atoms with Crippen molar-refractivity contribution in [2.75, 3.05) is 50.0 Å². The van der Waals surface area contributed by atoms with Gasteiger partial charge in [-0.2, -0.15) is 0 Å². The predicted octanol–water partition coefficient (Wildman–Crippen LogP) is 1.59. The number of hydrogen-bond donors (Lipinski definition) is 2. The summed E-state index contributed by atoms with van der Waals surface area (Å²) in [5, 5.41) is 6.21. The normalized spacial score (nSPS) is 13.9. The average Bonchev–Trinajstić information content (AvgIpc) is 3.05. The van der Waals surface area contributed by atoms with Gasteiger partial charge >= 0.3 is 0 Å². The summed E-state index contributed by atoms with van der Waals surface area (Å²) in [6, 6.07) is 7.67. The Morgan fingerprint density at radius 2 is 2.00 bits per heavy atom. The zero-order valence-corrected chi connectivity index (χ0v) is 18.5. The molecule has 0 saturated heterocycles. The number of sulfonamides is 1. The van der Waals surface area contributed by atoms with Gasteiger partial charge in [-0.3, -0.25) is 9.30 Å². The van der Waals surface area contributed by atoms with Gasteiger partial charge in [-0.1, -0.05) is 18.2 Å². The van der Waals surface area contributed by atoms with Crippen molar-refractivity contribution < 1.29 is 13.2 Å². The van der Waals surface area contributed by atoms with E-state index >= 15 is 0 Å². The maximum absolute atomic E-state index is 12.6. The molecule has 0 aromatic heterocycles. The van der Waals surface area contributed by atoms with E-state index in [0.717, 1.165) is 30.6 Å².